The number of aromatic nitrogens is 2. The fourth-order valence-corrected chi connectivity index (χ4v) is 2.62. The van der Waals surface area contributed by atoms with Crippen molar-refractivity contribution in [1.29, 1.82) is 0 Å². The van der Waals surface area contributed by atoms with E-state index in [9.17, 15) is 0 Å². The molecule has 18 heavy (non-hydrogen) atoms. The largest absolute Gasteiger partial charge is 0.454 e. The van der Waals surface area contributed by atoms with Crippen molar-refractivity contribution in [3.05, 3.63) is 22.7 Å². The van der Waals surface area contributed by atoms with Gasteiger partial charge in [0.05, 0.1) is 10.2 Å². The van der Waals surface area contributed by atoms with Crippen LogP contribution in [0.4, 0.5) is 5.82 Å². The maximum atomic E-state index is 5.37. The zero-order valence-corrected chi connectivity index (χ0v) is 11.6. The molecule has 94 valence electrons. The van der Waals surface area contributed by atoms with E-state index in [1.54, 1.807) is 0 Å². The van der Waals surface area contributed by atoms with Gasteiger partial charge >= 0.3 is 0 Å². The quantitative estimate of drug-likeness (QED) is 0.926. The van der Waals surface area contributed by atoms with Gasteiger partial charge in [-0.25, -0.2) is 0 Å². The number of anilines is 1. The van der Waals surface area contributed by atoms with Gasteiger partial charge < -0.3 is 14.4 Å². The predicted molar refractivity (Wildman–Crippen MR) is 72.2 cm³/mol. The molecule has 0 bridgehead atoms. The first-order valence-corrected chi connectivity index (χ1v) is 6.27. The highest BCUT2D eigenvalue weighted by Crippen LogP contribution is 2.39. The molecule has 0 aliphatic carbocycles. The van der Waals surface area contributed by atoms with Crippen LogP contribution in [-0.4, -0.2) is 31.1 Å². The second-order valence-electron chi connectivity index (χ2n) is 4.20. The van der Waals surface area contributed by atoms with E-state index in [1.807, 2.05) is 37.2 Å². The second-order valence-corrected chi connectivity index (χ2v) is 4.99. The summed E-state index contributed by atoms with van der Waals surface area (Å²) in [5.41, 5.74) is 1.93. The number of halogens is 1. The molecule has 1 aliphatic rings. The zero-order chi connectivity index (χ0) is 12.7. The van der Waals surface area contributed by atoms with Crippen molar-refractivity contribution in [3.8, 4) is 22.8 Å². The summed E-state index contributed by atoms with van der Waals surface area (Å²) in [5.74, 6) is 2.41. The number of aromatic amines is 1. The summed E-state index contributed by atoms with van der Waals surface area (Å²) in [5, 5.41) is 7.30. The number of hydrogen-bond donors (Lipinski definition) is 1. The molecule has 6 heteroatoms. The number of benzene rings is 1. The molecular weight excluding hydrogens is 298 g/mol. The summed E-state index contributed by atoms with van der Waals surface area (Å²) in [7, 11) is 3.90. The first kappa shape index (κ1) is 11.4. The number of nitrogens with zero attached hydrogens (tertiary/aromatic N) is 2. The monoisotopic (exact) mass is 309 g/mol. The summed E-state index contributed by atoms with van der Waals surface area (Å²) in [4.78, 5) is 1.94. The lowest BCUT2D eigenvalue weighted by Gasteiger charge is -2.08. The smallest absolute Gasteiger partial charge is 0.231 e. The molecule has 2 heterocycles. The maximum absolute atomic E-state index is 5.37. The van der Waals surface area contributed by atoms with Gasteiger partial charge in [0.1, 0.15) is 0 Å². The van der Waals surface area contributed by atoms with E-state index in [4.69, 9.17) is 9.47 Å². The summed E-state index contributed by atoms with van der Waals surface area (Å²) in [6.45, 7) is 0.284. The maximum Gasteiger partial charge on any atom is 0.231 e. The number of nitrogens with one attached hydrogen (secondary N) is 1. The number of fused-ring (bicyclic) bond motifs is 1. The third kappa shape index (κ3) is 1.73. The highest BCUT2D eigenvalue weighted by atomic mass is 79.9. The average molecular weight is 310 g/mol. The highest BCUT2D eigenvalue weighted by molar-refractivity contribution is 9.10. The molecule has 0 fully saturated rings. The van der Waals surface area contributed by atoms with Crippen molar-refractivity contribution < 1.29 is 9.47 Å². The predicted octanol–water partition coefficient (Wildman–Crippen LogP) is 2.63. The van der Waals surface area contributed by atoms with Gasteiger partial charge in [0.2, 0.25) is 6.79 Å². The van der Waals surface area contributed by atoms with Crippen LogP contribution in [-0.2, 0) is 0 Å². The van der Waals surface area contributed by atoms with Crippen LogP contribution in [0, 0.1) is 0 Å². The first-order valence-electron chi connectivity index (χ1n) is 5.48. The van der Waals surface area contributed by atoms with Gasteiger partial charge in [-0.15, -0.1) is 0 Å². The summed E-state index contributed by atoms with van der Waals surface area (Å²) >= 11 is 3.56. The Balaban J connectivity index is 2.05. The van der Waals surface area contributed by atoms with E-state index in [0.29, 0.717) is 0 Å². The SMILES string of the molecule is CN(C)c1n[nH]c(-c2ccc3c(c2)OCO3)c1Br. The second kappa shape index (κ2) is 4.20. The fraction of sp³-hybridized carbons (Fsp3) is 0.250. The van der Waals surface area contributed by atoms with Gasteiger partial charge in [0.25, 0.3) is 0 Å². The van der Waals surface area contributed by atoms with E-state index >= 15 is 0 Å². The van der Waals surface area contributed by atoms with Gasteiger partial charge in [-0.2, -0.15) is 5.10 Å². The lowest BCUT2D eigenvalue weighted by Crippen LogP contribution is -2.09. The Kier molecular flexibility index (Phi) is 2.66. The molecule has 1 aromatic heterocycles. The van der Waals surface area contributed by atoms with Crippen molar-refractivity contribution in [2.45, 2.75) is 0 Å². The molecule has 0 saturated carbocycles. The summed E-state index contributed by atoms with van der Waals surface area (Å²) in [6, 6.07) is 5.82. The van der Waals surface area contributed by atoms with Crippen molar-refractivity contribution in [3.63, 3.8) is 0 Å². The Morgan fingerprint density at radius 2 is 2.06 bits per heavy atom. The van der Waals surface area contributed by atoms with Crippen LogP contribution < -0.4 is 14.4 Å². The molecule has 0 atom stereocenters. The topological polar surface area (TPSA) is 50.4 Å². The van der Waals surface area contributed by atoms with E-state index in [-0.39, 0.29) is 6.79 Å². The molecule has 0 amide bonds. The Hall–Kier alpha value is -1.69. The minimum absolute atomic E-state index is 0.284. The van der Waals surface area contributed by atoms with Crippen molar-refractivity contribution in [2.24, 2.45) is 0 Å². The number of hydrogen-bond acceptors (Lipinski definition) is 4. The van der Waals surface area contributed by atoms with Crippen LogP contribution in [0.5, 0.6) is 11.5 Å². The Bertz CT molecular complexity index is 595. The Morgan fingerprint density at radius 1 is 1.28 bits per heavy atom. The number of rotatable bonds is 2. The average Bonchev–Trinajstić information content (AvgIpc) is 2.93. The summed E-state index contributed by atoms with van der Waals surface area (Å²) < 4.78 is 11.6. The molecule has 0 unspecified atom stereocenters. The minimum Gasteiger partial charge on any atom is -0.454 e. The molecule has 2 aromatic rings. The van der Waals surface area contributed by atoms with Crippen molar-refractivity contribution in [1.82, 2.24) is 10.2 Å². The van der Waals surface area contributed by atoms with E-state index in [2.05, 4.69) is 26.1 Å². The van der Waals surface area contributed by atoms with Gasteiger partial charge in [-0.3, -0.25) is 5.10 Å². The van der Waals surface area contributed by atoms with E-state index < -0.39 is 0 Å². The minimum atomic E-state index is 0.284. The van der Waals surface area contributed by atoms with E-state index in [0.717, 1.165) is 33.0 Å². The van der Waals surface area contributed by atoms with Crippen LogP contribution in [0.1, 0.15) is 0 Å². The van der Waals surface area contributed by atoms with Gasteiger partial charge in [-0.05, 0) is 34.1 Å². The number of ether oxygens (including phenoxy) is 2. The van der Waals surface area contributed by atoms with Crippen LogP contribution in [0.3, 0.4) is 0 Å². The lowest BCUT2D eigenvalue weighted by molar-refractivity contribution is 0.174. The molecule has 5 nitrogen and oxygen atoms in total. The molecular formula is C12H12BrN3O2. The molecule has 0 spiro atoms. The lowest BCUT2D eigenvalue weighted by atomic mass is 10.1. The summed E-state index contributed by atoms with van der Waals surface area (Å²) in [6.07, 6.45) is 0. The third-order valence-electron chi connectivity index (χ3n) is 2.77. The Labute approximate surface area is 113 Å². The Morgan fingerprint density at radius 3 is 2.78 bits per heavy atom. The van der Waals surface area contributed by atoms with Crippen LogP contribution in [0.15, 0.2) is 22.7 Å². The standard InChI is InChI=1S/C12H12BrN3O2/c1-16(2)12-10(13)11(14-15-12)7-3-4-8-9(5-7)18-6-17-8/h3-5H,6H2,1-2H3,(H,14,15). The van der Waals surface area contributed by atoms with Crippen LogP contribution in [0.2, 0.25) is 0 Å². The van der Waals surface area contributed by atoms with Crippen molar-refractivity contribution in [2.75, 3.05) is 25.8 Å². The molecule has 1 N–H and O–H groups in total. The van der Waals surface area contributed by atoms with Crippen LogP contribution >= 0.6 is 15.9 Å². The first-order chi connectivity index (χ1) is 8.66. The zero-order valence-electron chi connectivity index (χ0n) is 10.0. The highest BCUT2D eigenvalue weighted by Gasteiger charge is 2.18. The molecule has 0 saturated heterocycles. The van der Waals surface area contributed by atoms with Gasteiger partial charge in [0.15, 0.2) is 17.3 Å². The normalized spacial score (nSPS) is 12.8. The molecule has 1 aromatic carbocycles. The van der Waals surface area contributed by atoms with Crippen LogP contribution in [0.25, 0.3) is 11.3 Å². The molecule has 3 rings (SSSR count). The fourth-order valence-electron chi connectivity index (χ4n) is 1.86. The van der Waals surface area contributed by atoms with Gasteiger partial charge in [-0.1, -0.05) is 0 Å². The van der Waals surface area contributed by atoms with E-state index in [1.165, 1.54) is 0 Å². The van der Waals surface area contributed by atoms with Crippen molar-refractivity contribution >= 4 is 21.7 Å². The number of H-pyrrole nitrogens is 1. The third-order valence-corrected chi connectivity index (χ3v) is 3.53. The van der Waals surface area contributed by atoms with Gasteiger partial charge in [0, 0.05) is 19.7 Å². The molecule has 1 aliphatic heterocycles. The molecule has 0 radical (unpaired) electrons.